The van der Waals surface area contributed by atoms with Gasteiger partial charge in [-0.25, -0.2) is 13.1 Å². The van der Waals surface area contributed by atoms with Crippen molar-refractivity contribution in [1.82, 2.24) is 15.0 Å². The Hall–Kier alpha value is -3.69. The van der Waals surface area contributed by atoms with Gasteiger partial charge in [0.1, 0.15) is 6.61 Å². The standard InChI is InChI=1S/C25H27N3O5S/c1-4-12-27-34(30,31)22-7-5-6-21(15-22)25(29)28-18(2)20-8-9-23(24(16-20)32-3)33-17-19-10-13-26-14-11-19/h4-11,13-16,18,27H,1,12,17H2,2-3H3,(H,28,29). The van der Waals surface area contributed by atoms with Crippen LogP contribution in [0.2, 0.25) is 0 Å². The number of carbonyl (C=O) groups is 1. The fourth-order valence-electron chi connectivity index (χ4n) is 3.13. The molecule has 2 N–H and O–H groups in total. The number of hydrogen-bond donors (Lipinski definition) is 2. The molecule has 2 aromatic carbocycles. The van der Waals surface area contributed by atoms with Crippen LogP contribution >= 0.6 is 0 Å². The quantitative estimate of drug-likeness (QED) is 0.405. The van der Waals surface area contributed by atoms with E-state index in [2.05, 4.69) is 21.6 Å². The van der Waals surface area contributed by atoms with E-state index < -0.39 is 15.9 Å². The molecule has 0 aliphatic rings. The molecule has 3 rings (SSSR count). The van der Waals surface area contributed by atoms with Gasteiger partial charge >= 0.3 is 0 Å². The minimum absolute atomic E-state index is 0.00650. The molecule has 0 saturated heterocycles. The van der Waals surface area contributed by atoms with E-state index in [-0.39, 0.29) is 23.0 Å². The van der Waals surface area contributed by atoms with Crippen molar-refractivity contribution >= 4 is 15.9 Å². The van der Waals surface area contributed by atoms with Gasteiger partial charge in [-0.3, -0.25) is 9.78 Å². The van der Waals surface area contributed by atoms with Crippen LogP contribution in [-0.4, -0.2) is 33.0 Å². The zero-order valence-corrected chi connectivity index (χ0v) is 19.8. The number of aromatic nitrogens is 1. The Bertz CT molecular complexity index is 1250. The number of nitrogens with zero attached hydrogens (tertiary/aromatic N) is 1. The summed E-state index contributed by atoms with van der Waals surface area (Å²) in [6.45, 7) is 5.79. The van der Waals surface area contributed by atoms with Gasteiger partial charge in [-0.05, 0) is 60.5 Å². The van der Waals surface area contributed by atoms with Crippen molar-refractivity contribution in [2.45, 2.75) is 24.5 Å². The third kappa shape index (κ3) is 6.43. The number of amides is 1. The van der Waals surface area contributed by atoms with Crippen molar-refractivity contribution in [2.75, 3.05) is 13.7 Å². The minimum Gasteiger partial charge on any atom is -0.493 e. The fourth-order valence-corrected chi connectivity index (χ4v) is 4.18. The number of hydrogen-bond acceptors (Lipinski definition) is 6. The molecule has 9 heteroatoms. The molecule has 1 aromatic heterocycles. The molecular weight excluding hydrogens is 454 g/mol. The van der Waals surface area contributed by atoms with Crippen LogP contribution in [0.4, 0.5) is 0 Å². The molecule has 0 aliphatic carbocycles. The number of pyridine rings is 1. The summed E-state index contributed by atoms with van der Waals surface area (Å²) in [5.41, 5.74) is 2.01. The lowest BCUT2D eigenvalue weighted by molar-refractivity contribution is 0.0939. The first-order valence-corrected chi connectivity index (χ1v) is 12.0. The summed E-state index contributed by atoms with van der Waals surface area (Å²) in [5, 5.41) is 2.89. The van der Waals surface area contributed by atoms with E-state index in [1.54, 1.807) is 37.7 Å². The number of methoxy groups -OCH3 is 1. The van der Waals surface area contributed by atoms with Gasteiger partial charge in [0.15, 0.2) is 11.5 Å². The largest absolute Gasteiger partial charge is 0.493 e. The molecule has 1 atom stereocenters. The van der Waals surface area contributed by atoms with Crippen LogP contribution in [0.3, 0.4) is 0 Å². The molecule has 34 heavy (non-hydrogen) atoms. The van der Waals surface area contributed by atoms with E-state index in [4.69, 9.17) is 9.47 Å². The van der Waals surface area contributed by atoms with Crippen molar-refractivity contribution in [3.8, 4) is 11.5 Å². The Kier molecular flexibility index (Phi) is 8.39. The van der Waals surface area contributed by atoms with Crippen LogP contribution in [0.25, 0.3) is 0 Å². The average molecular weight is 482 g/mol. The highest BCUT2D eigenvalue weighted by atomic mass is 32.2. The molecule has 8 nitrogen and oxygen atoms in total. The molecule has 178 valence electrons. The van der Waals surface area contributed by atoms with E-state index in [0.717, 1.165) is 11.1 Å². The first-order chi connectivity index (χ1) is 16.3. The van der Waals surface area contributed by atoms with Gasteiger partial charge in [0.25, 0.3) is 5.91 Å². The minimum atomic E-state index is -3.73. The van der Waals surface area contributed by atoms with E-state index in [1.165, 1.54) is 24.3 Å². The van der Waals surface area contributed by atoms with E-state index >= 15 is 0 Å². The molecule has 0 radical (unpaired) electrons. The second-order valence-electron chi connectivity index (χ2n) is 7.42. The summed E-state index contributed by atoms with van der Waals surface area (Å²) >= 11 is 0. The molecule has 1 heterocycles. The van der Waals surface area contributed by atoms with Crippen molar-refractivity contribution in [3.63, 3.8) is 0 Å². The maximum atomic E-state index is 12.8. The van der Waals surface area contributed by atoms with E-state index in [0.29, 0.717) is 18.1 Å². The van der Waals surface area contributed by atoms with Crippen molar-refractivity contribution in [1.29, 1.82) is 0 Å². The fraction of sp³-hybridized carbons (Fsp3) is 0.200. The van der Waals surface area contributed by atoms with Gasteiger partial charge < -0.3 is 14.8 Å². The maximum Gasteiger partial charge on any atom is 0.251 e. The molecule has 0 aliphatic heterocycles. The lowest BCUT2D eigenvalue weighted by atomic mass is 10.1. The predicted molar refractivity (Wildman–Crippen MR) is 129 cm³/mol. The third-order valence-electron chi connectivity index (χ3n) is 5.00. The van der Waals surface area contributed by atoms with Gasteiger partial charge in [-0.2, -0.15) is 0 Å². The lowest BCUT2D eigenvalue weighted by Crippen LogP contribution is -2.27. The summed E-state index contributed by atoms with van der Waals surface area (Å²) < 4.78 is 38.4. The Morgan fingerprint density at radius 2 is 1.88 bits per heavy atom. The van der Waals surface area contributed by atoms with Gasteiger partial charge in [-0.15, -0.1) is 6.58 Å². The van der Waals surface area contributed by atoms with Crippen molar-refractivity contribution in [2.24, 2.45) is 0 Å². The first kappa shape index (κ1) is 24.9. The number of sulfonamides is 1. The van der Waals surface area contributed by atoms with Crippen LogP contribution < -0.4 is 19.5 Å². The van der Waals surface area contributed by atoms with E-state index in [1.807, 2.05) is 25.1 Å². The highest BCUT2D eigenvalue weighted by Gasteiger charge is 2.18. The topological polar surface area (TPSA) is 107 Å². The molecule has 3 aromatic rings. The van der Waals surface area contributed by atoms with Crippen LogP contribution in [0, 0.1) is 0 Å². The van der Waals surface area contributed by atoms with E-state index in [9.17, 15) is 13.2 Å². The Morgan fingerprint density at radius 1 is 1.12 bits per heavy atom. The second kappa shape index (κ2) is 11.4. The molecule has 0 saturated carbocycles. The number of nitrogens with one attached hydrogen (secondary N) is 2. The Balaban J connectivity index is 1.70. The molecule has 0 spiro atoms. The highest BCUT2D eigenvalue weighted by molar-refractivity contribution is 7.89. The molecular formula is C25H27N3O5S. The number of benzene rings is 2. The van der Waals surface area contributed by atoms with Crippen LogP contribution in [0.1, 0.15) is 34.5 Å². The maximum absolute atomic E-state index is 12.8. The monoisotopic (exact) mass is 481 g/mol. The molecule has 1 unspecified atom stereocenters. The molecule has 0 fully saturated rings. The van der Waals surface area contributed by atoms with Crippen LogP contribution in [-0.2, 0) is 16.6 Å². The highest BCUT2D eigenvalue weighted by Crippen LogP contribution is 2.31. The second-order valence-corrected chi connectivity index (χ2v) is 9.18. The summed E-state index contributed by atoms with van der Waals surface area (Å²) in [4.78, 5) is 16.8. The zero-order valence-electron chi connectivity index (χ0n) is 19.0. The zero-order chi connectivity index (χ0) is 24.6. The van der Waals surface area contributed by atoms with Gasteiger partial charge in [0.05, 0.1) is 18.0 Å². The lowest BCUT2D eigenvalue weighted by Gasteiger charge is -2.17. The predicted octanol–water partition coefficient (Wildman–Crippen LogP) is 3.62. The number of carbonyl (C=O) groups excluding carboxylic acids is 1. The van der Waals surface area contributed by atoms with Gasteiger partial charge in [0, 0.05) is 24.5 Å². The average Bonchev–Trinajstić information content (AvgIpc) is 2.86. The smallest absolute Gasteiger partial charge is 0.251 e. The summed E-state index contributed by atoms with van der Waals surface area (Å²) in [6.07, 6.45) is 4.85. The van der Waals surface area contributed by atoms with Gasteiger partial charge in [-0.1, -0.05) is 18.2 Å². The Labute approximate surface area is 199 Å². The SMILES string of the molecule is C=CCNS(=O)(=O)c1cccc(C(=O)NC(C)c2ccc(OCc3ccncc3)c(OC)c2)c1. The van der Waals surface area contributed by atoms with Crippen LogP contribution in [0.15, 0.2) is 84.5 Å². The van der Waals surface area contributed by atoms with Crippen molar-refractivity contribution in [3.05, 3.63) is 96.3 Å². The summed E-state index contributed by atoms with van der Waals surface area (Å²) in [6, 6.07) is 14.7. The Morgan fingerprint density at radius 3 is 2.59 bits per heavy atom. The number of rotatable bonds is 11. The normalized spacial score (nSPS) is 11.9. The molecule has 1 amide bonds. The van der Waals surface area contributed by atoms with Gasteiger partial charge in [0.2, 0.25) is 10.0 Å². The number of ether oxygens (including phenoxy) is 2. The summed E-state index contributed by atoms with van der Waals surface area (Å²) in [7, 11) is -2.18. The molecule has 0 bridgehead atoms. The third-order valence-corrected chi connectivity index (χ3v) is 6.42. The van der Waals surface area contributed by atoms with Crippen LogP contribution in [0.5, 0.6) is 11.5 Å². The van der Waals surface area contributed by atoms with Crippen molar-refractivity contribution < 1.29 is 22.7 Å². The summed E-state index contributed by atoms with van der Waals surface area (Å²) in [5.74, 6) is 0.714. The first-order valence-electron chi connectivity index (χ1n) is 10.5.